The van der Waals surface area contributed by atoms with Crippen LogP contribution in [0.25, 0.3) is 10.9 Å². The first-order valence-electron chi connectivity index (χ1n) is 4.27. The van der Waals surface area contributed by atoms with Gasteiger partial charge in [-0.15, -0.1) is 0 Å². The monoisotopic (exact) mass is 173 g/mol. The van der Waals surface area contributed by atoms with Gasteiger partial charge in [-0.25, -0.2) is 0 Å². The van der Waals surface area contributed by atoms with E-state index in [0.29, 0.717) is 0 Å². The molecule has 2 aromatic rings. The van der Waals surface area contributed by atoms with Crippen LogP contribution in [0.1, 0.15) is 11.1 Å². The number of nitrogens with one attached hydrogen (secondary N) is 1. The van der Waals surface area contributed by atoms with Crippen molar-refractivity contribution in [2.45, 2.75) is 13.8 Å². The van der Waals surface area contributed by atoms with Crippen LogP contribution >= 0.6 is 0 Å². The Hall–Kier alpha value is -1.57. The lowest BCUT2D eigenvalue weighted by Crippen LogP contribution is -2.00. The molecule has 0 spiro atoms. The summed E-state index contributed by atoms with van der Waals surface area (Å²) in [6.45, 7) is 4.06. The Bertz CT molecular complexity index is 511. The Morgan fingerprint density at radius 1 is 1.15 bits per heavy atom. The molecule has 1 aromatic heterocycles. The van der Waals surface area contributed by atoms with E-state index in [2.05, 4.69) is 4.98 Å². The molecule has 66 valence electrons. The summed E-state index contributed by atoms with van der Waals surface area (Å²) in [4.78, 5) is 14.5. The van der Waals surface area contributed by atoms with Crippen LogP contribution in [0.5, 0.6) is 0 Å². The number of hydrogen-bond acceptors (Lipinski definition) is 1. The van der Waals surface area contributed by atoms with E-state index >= 15 is 0 Å². The van der Waals surface area contributed by atoms with Gasteiger partial charge in [0.2, 0.25) is 0 Å². The molecule has 0 saturated carbocycles. The standard InChI is InChI=1S/C11H11NO/c1-7-5-9-10(6-8(7)2)12-4-3-11(9)13/h3-6H,1-2H3,(H,12,13). The number of hydrogen-bond donors (Lipinski definition) is 1. The lowest BCUT2D eigenvalue weighted by Gasteiger charge is -2.02. The number of aromatic amines is 1. The van der Waals surface area contributed by atoms with Gasteiger partial charge in [-0.1, -0.05) is 0 Å². The van der Waals surface area contributed by atoms with E-state index in [1.54, 1.807) is 12.3 Å². The van der Waals surface area contributed by atoms with Crippen LogP contribution in [0.4, 0.5) is 0 Å². The predicted molar refractivity (Wildman–Crippen MR) is 54.0 cm³/mol. The summed E-state index contributed by atoms with van der Waals surface area (Å²) in [6.07, 6.45) is 1.68. The second kappa shape index (κ2) is 2.73. The van der Waals surface area contributed by atoms with Crippen molar-refractivity contribution in [3.8, 4) is 0 Å². The molecule has 1 heterocycles. The fourth-order valence-corrected chi connectivity index (χ4v) is 1.44. The maximum Gasteiger partial charge on any atom is 0.189 e. The molecule has 0 aliphatic rings. The third-order valence-electron chi connectivity index (χ3n) is 2.37. The second-order valence-corrected chi connectivity index (χ2v) is 3.32. The summed E-state index contributed by atoms with van der Waals surface area (Å²) in [5, 5.41) is 0.769. The zero-order chi connectivity index (χ0) is 9.42. The number of fused-ring (bicyclic) bond motifs is 1. The molecule has 0 fully saturated rings. The van der Waals surface area contributed by atoms with Crippen molar-refractivity contribution in [3.63, 3.8) is 0 Å². The summed E-state index contributed by atoms with van der Waals surface area (Å²) < 4.78 is 0. The minimum Gasteiger partial charge on any atom is -0.361 e. The summed E-state index contributed by atoms with van der Waals surface area (Å²) in [5.74, 6) is 0. The number of benzene rings is 1. The van der Waals surface area contributed by atoms with E-state index < -0.39 is 0 Å². The minimum absolute atomic E-state index is 0.0804. The molecule has 0 amide bonds. The Labute approximate surface area is 76.2 Å². The van der Waals surface area contributed by atoms with E-state index in [1.165, 1.54) is 5.56 Å². The molecule has 0 atom stereocenters. The second-order valence-electron chi connectivity index (χ2n) is 3.32. The topological polar surface area (TPSA) is 32.9 Å². The number of pyridine rings is 1. The van der Waals surface area contributed by atoms with Gasteiger partial charge in [-0.05, 0) is 37.1 Å². The molecule has 0 saturated heterocycles. The van der Waals surface area contributed by atoms with Crippen LogP contribution in [-0.2, 0) is 0 Å². The first-order chi connectivity index (χ1) is 6.18. The highest BCUT2D eigenvalue weighted by Crippen LogP contribution is 2.13. The average Bonchev–Trinajstić information content (AvgIpc) is 2.09. The van der Waals surface area contributed by atoms with Crippen molar-refractivity contribution in [1.82, 2.24) is 4.98 Å². The Kier molecular flexibility index (Phi) is 1.69. The Morgan fingerprint density at radius 3 is 2.62 bits per heavy atom. The lowest BCUT2D eigenvalue weighted by molar-refractivity contribution is 1.32. The van der Waals surface area contributed by atoms with Gasteiger partial charge in [-0.2, -0.15) is 0 Å². The number of rotatable bonds is 0. The van der Waals surface area contributed by atoms with Crippen LogP contribution in [0, 0.1) is 13.8 Å². The molecule has 0 aliphatic heterocycles. The molecule has 2 heteroatoms. The van der Waals surface area contributed by atoms with Gasteiger partial charge in [0.25, 0.3) is 0 Å². The molecule has 1 N–H and O–H groups in total. The fraction of sp³-hybridized carbons (Fsp3) is 0.182. The van der Waals surface area contributed by atoms with Crippen molar-refractivity contribution < 1.29 is 0 Å². The summed E-state index contributed by atoms with van der Waals surface area (Å²) in [6, 6.07) is 5.49. The maximum atomic E-state index is 11.4. The van der Waals surface area contributed by atoms with Gasteiger partial charge in [0.05, 0.1) is 0 Å². The SMILES string of the molecule is Cc1cc2[nH]ccc(=O)c2cc1C. The van der Waals surface area contributed by atoms with E-state index in [4.69, 9.17) is 0 Å². The summed E-state index contributed by atoms with van der Waals surface area (Å²) in [5.41, 5.74) is 3.35. The average molecular weight is 173 g/mol. The molecule has 2 rings (SSSR count). The van der Waals surface area contributed by atoms with Crippen molar-refractivity contribution in [2.75, 3.05) is 0 Å². The Morgan fingerprint density at radius 2 is 1.85 bits per heavy atom. The number of aromatic nitrogens is 1. The van der Waals surface area contributed by atoms with Crippen LogP contribution in [0.15, 0.2) is 29.2 Å². The molecular weight excluding hydrogens is 162 g/mol. The minimum atomic E-state index is 0.0804. The molecule has 0 radical (unpaired) electrons. The van der Waals surface area contributed by atoms with E-state index in [1.807, 2.05) is 26.0 Å². The molecular formula is C11H11NO. The van der Waals surface area contributed by atoms with E-state index in [0.717, 1.165) is 16.5 Å². The Balaban J connectivity index is 2.97. The zero-order valence-electron chi connectivity index (χ0n) is 7.72. The van der Waals surface area contributed by atoms with Gasteiger partial charge < -0.3 is 4.98 Å². The highest BCUT2D eigenvalue weighted by atomic mass is 16.1. The van der Waals surface area contributed by atoms with Crippen molar-refractivity contribution in [2.24, 2.45) is 0 Å². The molecule has 2 nitrogen and oxygen atoms in total. The van der Waals surface area contributed by atoms with Gasteiger partial charge >= 0.3 is 0 Å². The number of H-pyrrole nitrogens is 1. The van der Waals surface area contributed by atoms with Crippen molar-refractivity contribution in [1.29, 1.82) is 0 Å². The molecule has 0 aliphatic carbocycles. The van der Waals surface area contributed by atoms with Gasteiger partial charge in [0.1, 0.15) is 0 Å². The normalized spacial score (nSPS) is 10.6. The first kappa shape index (κ1) is 8.05. The predicted octanol–water partition coefficient (Wildman–Crippen LogP) is 2.14. The quantitative estimate of drug-likeness (QED) is 0.650. The van der Waals surface area contributed by atoms with Gasteiger partial charge in [0.15, 0.2) is 5.43 Å². The van der Waals surface area contributed by atoms with Crippen molar-refractivity contribution >= 4 is 10.9 Å². The van der Waals surface area contributed by atoms with Crippen LogP contribution in [0.3, 0.4) is 0 Å². The van der Waals surface area contributed by atoms with E-state index in [9.17, 15) is 4.79 Å². The third-order valence-corrected chi connectivity index (χ3v) is 2.37. The molecule has 1 aromatic carbocycles. The molecule has 0 unspecified atom stereocenters. The van der Waals surface area contributed by atoms with Gasteiger partial charge in [-0.3, -0.25) is 4.79 Å². The van der Waals surface area contributed by atoms with Crippen LogP contribution in [0.2, 0.25) is 0 Å². The van der Waals surface area contributed by atoms with E-state index in [-0.39, 0.29) is 5.43 Å². The van der Waals surface area contributed by atoms with Gasteiger partial charge in [0, 0.05) is 23.2 Å². The highest BCUT2D eigenvalue weighted by Gasteiger charge is 1.99. The fourth-order valence-electron chi connectivity index (χ4n) is 1.44. The third kappa shape index (κ3) is 1.24. The smallest absolute Gasteiger partial charge is 0.189 e. The molecule has 13 heavy (non-hydrogen) atoms. The van der Waals surface area contributed by atoms with Crippen molar-refractivity contribution in [3.05, 3.63) is 45.7 Å². The highest BCUT2D eigenvalue weighted by molar-refractivity contribution is 5.79. The number of aryl methyl sites for hydroxylation is 2. The zero-order valence-corrected chi connectivity index (χ0v) is 7.72. The van der Waals surface area contributed by atoms with Crippen LogP contribution in [-0.4, -0.2) is 4.98 Å². The largest absolute Gasteiger partial charge is 0.361 e. The summed E-state index contributed by atoms with van der Waals surface area (Å²) in [7, 11) is 0. The first-order valence-corrected chi connectivity index (χ1v) is 4.27. The molecule has 0 bridgehead atoms. The maximum absolute atomic E-state index is 11.4. The van der Waals surface area contributed by atoms with Crippen LogP contribution < -0.4 is 5.43 Å². The summed E-state index contributed by atoms with van der Waals surface area (Å²) >= 11 is 0. The lowest BCUT2D eigenvalue weighted by atomic mass is 10.1.